The first-order chi connectivity index (χ1) is 13.6. The number of amides is 2. The average molecular weight is 394 g/mol. The number of hydrogen-bond donors (Lipinski definition) is 2. The van der Waals surface area contributed by atoms with Crippen LogP contribution in [0.3, 0.4) is 0 Å². The van der Waals surface area contributed by atoms with E-state index < -0.39 is 0 Å². The van der Waals surface area contributed by atoms with E-state index in [-0.39, 0.29) is 18.4 Å². The number of para-hydroxylation sites is 1. The van der Waals surface area contributed by atoms with Crippen LogP contribution in [0.5, 0.6) is 5.75 Å². The zero-order valence-corrected chi connectivity index (χ0v) is 16.6. The van der Waals surface area contributed by atoms with Crippen LogP contribution in [0.4, 0.5) is 0 Å². The fraction of sp³-hybridized carbons (Fsp3) is 0.182. The molecular weight excluding hydrogens is 372 g/mol. The number of aryl methyl sites for hydroxylation is 2. The Morgan fingerprint density at radius 3 is 2.36 bits per heavy atom. The molecule has 0 aliphatic rings. The summed E-state index contributed by atoms with van der Waals surface area (Å²) in [5.74, 6) is 0.0228. The van der Waals surface area contributed by atoms with E-state index in [1.165, 1.54) is 16.2 Å². The zero-order chi connectivity index (χ0) is 19.9. The standard InChI is InChI=1S/C22H22N2O3S/c1-3-19-15(2)13-20(28-19)22(26)24-23-21(25)18-12-8-7-9-16(18)14-27-17-10-5-4-6-11-17/h4-13H,3,14H2,1-2H3,(H,23,25)(H,24,26). The van der Waals surface area contributed by atoms with Crippen LogP contribution < -0.4 is 15.6 Å². The lowest BCUT2D eigenvalue weighted by atomic mass is 10.1. The van der Waals surface area contributed by atoms with Gasteiger partial charge in [-0.05, 0) is 43.2 Å². The van der Waals surface area contributed by atoms with Crippen molar-refractivity contribution in [1.82, 2.24) is 10.9 Å². The first kappa shape index (κ1) is 19.6. The summed E-state index contributed by atoms with van der Waals surface area (Å²) < 4.78 is 5.74. The monoisotopic (exact) mass is 394 g/mol. The molecule has 0 atom stereocenters. The van der Waals surface area contributed by atoms with Gasteiger partial charge in [0.25, 0.3) is 11.8 Å². The van der Waals surface area contributed by atoms with Crippen molar-refractivity contribution >= 4 is 23.2 Å². The summed E-state index contributed by atoms with van der Waals surface area (Å²) >= 11 is 1.44. The normalized spacial score (nSPS) is 10.4. The van der Waals surface area contributed by atoms with Crippen LogP contribution in [0, 0.1) is 6.92 Å². The maximum Gasteiger partial charge on any atom is 0.279 e. The van der Waals surface area contributed by atoms with Crippen molar-refractivity contribution in [2.75, 3.05) is 0 Å². The minimum atomic E-state index is -0.385. The van der Waals surface area contributed by atoms with Gasteiger partial charge in [0.15, 0.2) is 0 Å². The highest BCUT2D eigenvalue weighted by Crippen LogP contribution is 2.22. The molecule has 1 heterocycles. The third-order valence-corrected chi connectivity index (χ3v) is 5.63. The molecule has 0 aliphatic carbocycles. The summed E-state index contributed by atoms with van der Waals surface area (Å²) in [6.45, 7) is 4.29. The van der Waals surface area contributed by atoms with E-state index in [4.69, 9.17) is 4.74 Å². The second kappa shape index (κ2) is 9.19. The quantitative estimate of drug-likeness (QED) is 0.614. The van der Waals surface area contributed by atoms with E-state index in [2.05, 4.69) is 17.8 Å². The van der Waals surface area contributed by atoms with Gasteiger partial charge in [-0.3, -0.25) is 20.4 Å². The Labute approximate surface area is 168 Å². The first-order valence-electron chi connectivity index (χ1n) is 9.04. The lowest BCUT2D eigenvalue weighted by molar-refractivity contribution is 0.0847. The molecule has 0 saturated carbocycles. The molecule has 0 spiro atoms. The van der Waals surface area contributed by atoms with E-state index in [0.29, 0.717) is 10.4 Å². The van der Waals surface area contributed by atoms with Crippen molar-refractivity contribution in [3.8, 4) is 5.75 Å². The molecule has 144 valence electrons. The van der Waals surface area contributed by atoms with Crippen LogP contribution in [0.25, 0.3) is 0 Å². The van der Waals surface area contributed by atoms with E-state index in [1.54, 1.807) is 12.1 Å². The van der Waals surface area contributed by atoms with E-state index in [9.17, 15) is 9.59 Å². The minimum absolute atomic E-state index is 0.255. The number of carbonyl (C=O) groups is 2. The van der Waals surface area contributed by atoms with Crippen LogP contribution in [0.1, 0.15) is 43.0 Å². The summed E-state index contributed by atoms with van der Waals surface area (Å²) in [4.78, 5) is 26.6. The van der Waals surface area contributed by atoms with Crippen molar-refractivity contribution in [2.45, 2.75) is 26.9 Å². The number of ether oxygens (including phenoxy) is 1. The van der Waals surface area contributed by atoms with Gasteiger partial charge < -0.3 is 4.74 Å². The molecule has 0 fully saturated rings. The molecule has 3 rings (SSSR count). The lowest BCUT2D eigenvalue weighted by Gasteiger charge is -2.12. The molecule has 1 aromatic heterocycles. The Kier molecular flexibility index (Phi) is 6.45. The van der Waals surface area contributed by atoms with Gasteiger partial charge in [0.1, 0.15) is 12.4 Å². The summed E-state index contributed by atoms with van der Waals surface area (Å²) in [6, 6.07) is 18.4. The molecule has 28 heavy (non-hydrogen) atoms. The third kappa shape index (κ3) is 4.78. The Morgan fingerprint density at radius 1 is 0.964 bits per heavy atom. The number of hydrazine groups is 1. The topological polar surface area (TPSA) is 67.4 Å². The summed E-state index contributed by atoms with van der Waals surface area (Å²) in [7, 11) is 0. The lowest BCUT2D eigenvalue weighted by Crippen LogP contribution is -2.41. The average Bonchev–Trinajstić information content (AvgIpc) is 3.12. The fourth-order valence-electron chi connectivity index (χ4n) is 2.77. The molecule has 2 aromatic carbocycles. The van der Waals surface area contributed by atoms with Crippen molar-refractivity contribution in [3.63, 3.8) is 0 Å². The highest BCUT2D eigenvalue weighted by atomic mass is 32.1. The second-order valence-corrected chi connectivity index (χ2v) is 7.37. The molecule has 0 bridgehead atoms. The minimum Gasteiger partial charge on any atom is -0.489 e. The molecular formula is C22H22N2O3S. The molecule has 0 aliphatic heterocycles. The van der Waals surface area contributed by atoms with E-state index >= 15 is 0 Å². The summed E-state index contributed by atoms with van der Waals surface area (Å²) in [5, 5.41) is 0. The van der Waals surface area contributed by atoms with Crippen molar-refractivity contribution in [2.24, 2.45) is 0 Å². The molecule has 3 aromatic rings. The van der Waals surface area contributed by atoms with E-state index in [0.717, 1.165) is 23.3 Å². The van der Waals surface area contributed by atoms with Gasteiger partial charge in [-0.25, -0.2) is 0 Å². The van der Waals surface area contributed by atoms with Crippen LogP contribution in [0.2, 0.25) is 0 Å². The van der Waals surface area contributed by atoms with Gasteiger partial charge >= 0.3 is 0 Å². The Hall–Kier alpha value is -3.12. The summed E-state index contributed by atoms with van der Waals surface area (Å²) in [6.07, 6.45) is 0.880. The molecule has 0 radical (unpaired) electrons. The zero-order valence-electron chi connectivity index (χ0n) is 15.8. The molecule has 5 nitrogen and oxygen atoms in total. The molecule has 0 unspecified atom stereocenters. The maximum absolute atomic E-state index is 12.6. The molecule has 6 heteroatoms. The number of benzene rings is 2. The SMILES string of the molecule is CCc1sc(C(=O)NNC(=O)c2ccccc2COc2ccccc2)cc1C. The largest absolute Gasteiger partial charge is 0.489 e. The highest BCUT2D eigenvalue weighted by Gasteiger charge is 2.15. The predicted molar refractivity (Wildman–Crippen MR) is 111 cm³/mol. The maximum atomic E-state index is 12.6. The Morgan fingerprint density at radius 2 is 1.64 bits per heavy atom. The van der Waals surface area contributed by atoms with Crippen molar-refractivity contribution < 1.29 is 14.3 Å². The first-order valence-corrected chi connectivity index (χ1v) is 9.86. The van der Waals surface area contributed by atoms with Gasteiger partial charge in [0.2, 0.25) is 0 Å². The number of thiophene rings is 1. The second-order valence-electron chi connectivity index (χ2n) is 6.24. The summed E-state index contributed by atoms with van der Waals surface area (Å²) in [5.41, 5.74) is 7.27. The van der Waals surface area contributed by atoms with Crippen molar-refractivity contribution in [1.29, 1.82) is 0 Å². The Bertz CT molecular complexity index is 967. The Balaban J connectivity index is 1.63. The van der Waals surface area contributed by atoms with Gasteiger partial charge in [0.05, 0.1) is 4.88 Å². The van der Waals surface area contributed by atoms with Crippen LogP contribution in [0.15, 0.2) is 60.7 Å². The molecule has 2 N–H and O–H groups in total. The molecule has 0 saturated heterocycles. The third-order valence-electron chi connectivity index (χ3n) is 4.25. The number of carbonyl (C=O) groups excluding carboxylic acids is 2. The fourth-order valence-corrected chi connectivity index (χ4v) is 3.78. The highest BCUT2D eigenvalue weighted by molar-refractivity contribution is 7.14. The smallest absolute Gasteiger partial charge is 0.279 e. The number of rotatable bonds is 6. The van der Waals surface area contributed by atoms with Gasteiger partial charge in [-0.2, -0.15) is 0 Å². The number of hydrogen-bond acceptors (Lipinski definition) is 4. The van der Waals surface area contributed by atoms with Crippen LogP contribution >= 0.6 is 11.3 Å². The van der Waals surface area contributed by atoms with Crippen LogP contribution in [-0.4, -0.2) is 11.8 Å². The number of nitrogens with one attached hydrogen (secondary N) is 2. The molecule has 2 amide bonds. The van der Waals surface area contributed by atoms with E-state index in [1.807, 2.05) is 55.5 Å². The van der Waals surface area contributed by atoms with Gasteiger partial charge in [-0.15, -0.1) is 11.3 Å². The van der Waals surface area contributed by atoms with Crippen molar-refractivity contribution in [3.05, 3.63) is 87.1 Å². The van der Waals surface area contributed by atoms with Gasteiger partial charge in [0, 0.05) is 16.0 Å². The predicted octanol–water partition coefficient (Wildman–Crippen LogP) is 4.27. The van der Waals surface area contributed by atoms with Crippen LogP contribution in [-0.2, 0) is 13.0 Å². The van der Waals surface area contributed by atoms with Gasteiger partial charge in [-0.1, -0.05) is 43.3 Å².